The van der Waals surface area contributed by atoms with Crippen molar-refractivity contribution in [3.05, 3.63) is 64.7 Å². The zero-order valence-corrected chi connectivity index (χ0v) is 17.3. The fraction of sp³-hybridized carbons (Fsp3) is 0.350. The van der Waals surface area contributed by atoms with E-state index in [2.05, 4.69) is 0 Å². The number of halogens is 1. The maximum absolute atomic E-state index is 13.0. The minimum absolute atomic E-state index is 0.0112. The van der Waals surface area contributed by atoms with Crippen molar-refractivity contribution in [2.75, 3.05) is 5.75 Å². The number of hydrogen-bond donors (Lipinski definition) is 0. The van der Waals surface area contributed by atoms with Gasteiger partial charge in [-0.25, -0.2) is 0 Å². The molecule has 0 saturated heterocycles. The number of amides is 1. The molecule has 0 aliphatic heterocycles. The van der Waals surface area contributed by atoms with E-state index in [9.17, 15) is 13.2 Å². The summed E-state index contributed by atoms with van der Waals surface area (Å²) in [7, 11) is -3.60. The van der Waals surface area contributed by atoms with E-state index in [-0.39, 0.29) is 23.5 Å². The van der Waals surface area contributed by atoms with E-state index in [1.165, 1.54) is 6.92 Å². The summed E-state index contributed by atoms with van der Waals surface area (Å²) in [6, 6.07) is 13.6. The van der Waals surface area contributed by atoms with E-state index in [4.69, 9.17) is 15.8 Å². The predicted octanol–water partition coefficient (Wildman–Crippen LogP) is 4.51. The summed E-state index contributed by atoms with van der Waals surface area (Å²) in [5, 5.41) is 0.573. The lowest BCUT2D eigenvalue weighted by Crippen LogP contribution is -2.37. The first-order chi connectivity index (χ1) is 12.8. The molecule has 0 fully saturated rings. The highest BCUT2D eigenvalue weighted by molar-refractivity contribution is 7.87. The molecule has 0 unspecified atom stereocenters. The average Bonchev–Trinajstić information content (AvgIpc) is 2.65. The van der Waals surface area contributed by atoms with Crippen LogP contribution in [0, 0.1) is 0 Å². The van der Waals surface area contributed by atoms with Crippen molar-refractivity contribution in [1.82, 2.24) is 4.90 Å². The second kappa shape index (κ2) is 9.24. The molecule has 0 bridgehead atoms. The molecule has 146 valence electrons. The average molecular weight is 410 g/mol. The van der Waals surface area contributed by atoms with Crippen molar-refractivity contribution in [1.29, 1.82) is 0 Å². The monoisotopic (exact) mass is 409 g/mol. The smallest absolute Gasteiger partial charge is 0.308 e. The van der Waals surface area contributed by atoms with Crippen LogP contribution in [0.25, 0.3) is 0 Å². The molecule has 1 amide bonds. The first-order valence-corrected chi connectivity index (χ1v) is 10.8. The maximum atomic E-state index is 13.0. The summed E-state index contributed by atoms with van der Waals surface area (Å²) >= 11 is 5.91. The molecule has 0 aliphatic rings. The Morgan fingerprint density at radius 3 is 2.41 bits per heavy atom. The van der Waals surface area contributed by atoms with Crippen LogP contribution in [0.2, 0.25) is 5.02 Å². The van der Waals surface area contributed by atoms with Crippen molar-refractivity contribution in [3.8, 4) is 5.75 Å². The SMILES string of the molecule is CC[C@H](C)N(Cc1cccc(OS(=O)(=O)CC)c1)C(=O)c1ccc(Cl)cc1. The fourth-order valence-corrected chi connectivity index (χ4v) is 3.15. The standard InChI is InChI=1S/C20H24ClNO4S/c1-4-15(3)22(20(23)17-9-11-18(21)12-10-17)14-16-7-6-8-19(13-16)26-27(24,25)5-2/h6-13,15H,4-5,14H2,1-3H3/t15-/m0/s1. The normalized spacial score (nSPS) is 12.4. The van der Waals surface area contributed by atoms with E-state index in [0.717, 1.165) is 12.0 Å². The van der Waals surface area contributed by atoms with Crippen molar-refractivity contribution in [2.24, 2.45) is 0 Å². The largest absolute Gasteiger partial charge is 0.382 e. The zero-order chi connectivity index (χ0) is 20.0. The summed E-state index contributed by atoms with van der Waals surface area (Å²) in [6.07, 6.45) is 0.791. The number of nitrogens with zero attached hydrogens (tertiary/aromatic N) is 1. The van der Waals surface area contributed by atoms with Crippen LogP contribution >= 0.6 is 11.6 Å². The van der Waals surface area contributed by atoms with E-state index < -0.39 is 10.1 Å². The minimum atomic E-state index is -3.60. The van der Waals surface area contributed by atoms with Gasteiger partial charge in [-0.2, -0.15) is 8.42 Å². The van der Waals surface area contributed by atoms with Gasteiger partial charge in [-0.1, -0.05) is 30.7 Å². The van der Waals surface area contributed by atoms with Gasteiger partial charge in [-0.3, -0.25) is 4.79 Å². The van der Waals surface area contributed by atoms with Gasteiger partial charge in [0.05, 0.1) is 5.75 Å². The molecule has 0 heterocycles. The van der Waals surface area contributed by atoms with Gasteiger partial charge in [-0.05, 0) is 62.2 Å². The van der Waals surface area contributed by atoms with E-state index in [1.807, 2.05) is 19.9 Å². The molecule has 2 aromatic carbocycles. The third-order valence-electron chi connectivity index (χ3n) is 4.30. The highest BCUT2D eigenvalue weighted by atomic mass is 35.5. The van der Waals surface area contributed by atoms with Crippen LogP contribution in [-0.4, -0.2) is 31.0 Å². The van der Waals surface area contributed by atoms with Crippen LogP contribution in [0.3, 0.4) is 0 Å². The summed E-state index contributed by atoms with van der Waals surface area (Å²) in [4.78, 5) is 14.7. The Morgan fingerprint density at radius 2 is 1.81 bits per heavy atom. The van der Waals surface area contributed by atoms with Crippen molar-refractivity contribution in [2.45, 2.75) is 39.8 Å². The summed E-state index contributed by atoms with van der Waals surface area (Å²) in [6.45, 7) is 5.87. The number of carbonyl (C=O) groups is 1. The Hall–Kier alpha value is -2.05. The van der Waals surface area contributed by atoms with Gasteiger partial charge in [0.25, 0.3) is 5.91 Å². The number of hydrogen-bond acceptors (Lipinski definition) is 4. The molecule has 27 heavy (non-hydrogen) atoms. The predicted molar refractivity (Wildman–Crippen MR) is 108 cm³/mol. The molecule has 0 N–H and O–H groups in total. The van der Waals surface area contributed by atoms with Crippen LogP contribution in [-0.2, 0) is 16.7 Å². The van der Waals surface area contributed by atoms with Gasteiger partial charge in [0.1, 0.15) is 5.75 Å². The summed E-state index contributed by atoms with van der Waals surface area (Å²) < 4.78 is 28.4. The van der Waals surface area contributed by atoms with Crippen molar-refractivity contribution in [3.63, 3.8) is 0 Å². The zero-order valence-electron chi connectivity index (χ0n) is 15.7. The van der Waals surface area contributed by atoms with E-state index in [0.29, 0.717) is 17.1 Å². The summed E-state index contributed by atoms with van der Waals surface area (Å²) in [5.74, 6) is 0.0385. The Morgan fingerprint density at radius 1 is 1.15 bits per heavy atom. The quantitative estimate of drug-likeness (QED) is 0.602. The molecule has 0 saturated carbocycles. The van der Waals surface area contributed by atoms with Gasteiger partial charge in [-0.15, -0.1) is 0 Å². The van der Waals surface area contributed by atoms with Gasteiger partial charge >= 0.3 is 10.1 Å². The highest BCUT2D eigenvalue weighted by Gasteiger charge is 2.21. The lowest BCUT2D eigenvalue weighted by Gasteiger charge is -2.29. The molecule has 0 aromatic heterocycles. The van der Waals surface area contributed by atoms with Crippen LogP contribution in [0.4, 0.5) is 0 Å². The molecule has 2 rings (SSSR count). The Balaban J connectivity index is 2.26. The lowest BCUT2D eigenvalue weighted by atomic mass is 10.1. The van der Waals surface area contributed by atoms with Gasteiger partial charge in [0, 0.05) is 23.2 Å². The Bertz CT molecular complexity index is 881. The second-order valence-corrected chi connectivity index (χ2v) is 8.57. The van der Waals surface area contributed by atoms with Crippen molar-refractivity contribution >= 4 is 27.6 Å². The minimum Gasteiger partial charge on any atom is -0.382 e. The molecule has 5 nitrogen and oxygen atoms in total. The molecule has 1 atom stereocenters. The lowest BCUT2D eigenvalue weighted by molar-refractivity contribution is 0.0671. The van der Waals surface area contributed by atoms with Crippen LogP contribution in [0.1, 0.15) is 43.1 Å². The van der Waals surface area contributed by atoms with Crippen molar-refractivity contribution < 1.29 is 17.4 Å². The third-order valence-corrected chi connectivity index (χ3v) is 5.71. The van der Waals surface area contributed by atoms with Crippen LogP contribution in [0.5, 0.6) is 5.75 Å². The Labute approximate surface area is 166 Å². The third kappa shape index (κ3) is 5.97. The van der Waals surface area contributed by atoms with Gasteiger partial charge in [0.15, 0.2) is 0 Å². The summed E-state index contributed by atoms with van der Waals surface area (Å²) in [5.41, 5.74) is 1.35. The van der Waals surface area contributed by atoms with Gasteiger partial charge < -0.3 is 9.08 Å². The fourth-order valence-electron chi connectivity index (χ4n) is 2.50. The molecule has 0 radical (unpaired) electrons. The van der Waals surface area contributed by atoms with E-state index in [1.54, 1.807) is 47.4 Å². The maximum Gasteiger partial charge on any atom is 0.308 e. The topological polar surface area (TPSA) is 63.7 Å². The van der Waals surface area contributed by atoms with E-state index >= 15 is 0 Å². The van der Waals surface area contributed by atoms with Gasteiger partial charge in [0.2, 0.25) is 0 Å². The second-order valence-electron chi connectivity index (χ2n) is 6.27. The molecule has 0 spiro atoms. The Kier molecular flexibility index (Phi) is 7.27. The molecular formula is C20H24ClNO4S. The first kappa shape index (κ1) is 21.3. The molecule has 2 aromatic rings. The number of benzene rings is 2. The highest BCUT2D eigenvalue weighted by Crippen LogP contribution is 2.21. The number of rotatable bonds is 8. The number of carbonyl (C=O) groups excluding carboxylic acids is 1. The molecular weight excluding hydrogens is 386 g/mol. The van der Waals surface area contributed by atoms with Crippen LogP contribution in [0.15, 0.2) is 48.5 Å². The van der Waals surface area contributed by atoms with Crippen LogP contribution < -0.4 is 4.18 Å². The first-order valence-electron chi connectivity index (χ1n) is 8.83. The molecule has 7 heteroatoms. The molecule has 0 aliphatic carbocycles.